The molecule has 0 aliphatic carbocycles. The van der Waals surface area contributed by atoms with E-state index in [1.165, 1.54) is 6.07 Å². The van der Waals surface area contributed by atoms with Crippen molar-refractivity contribution in [2.75, 3.05) is 0 Å². The third-order valence-electron chi connectivity index (χ3n) is 3.91. The molecule has 0 spiro atoms. The Bertz CT molecular complexity index is 749. The third kappa shape index (κ3) is 5.41. The van der Waals surface area contributed by atoms with Gasteiger partial charge in [0, 0.05) is 12.0 Å². The molecule has 2 N–H and O–H groups in total. The highest BCUT2D eigenvalue weighted by atomic mass is 19.1. The van der Waals surface area contributed by atoms with E-state index in [9.17, 15) is 14.0 Å². The molecule has 0 saturated heterocycles. The molecule has 5 heteroatoms. The maximum absolute atomic E-state index is 13.5. The van der Waals surface area contributed by atoms with Crippen molar-refractivity contribution in [1.82, 2.24) is 10.9 Å². The van der Waals surface area contributed by atoms with Crippen LogP contribution >= 0.6 is 0 Å². The molecule has 0 aliphatic rings. The Balaban J connectivity index is 1.83. The second kappa shape index (κ2) is 7.92. The molecule has 0 aliphatic heterocycles. The van der Waals surface area contributed by atoms with Gasteiger partial charge in [-0.15, -0.1) is 0 Å². The number of aryl methyl sites for hydroxylation is 1. The number of hydrogen-bond acceptors (Lipinski definition) is 2. The lowest BCUT2D eigenvalue weighted by molar-refractivity contribution is -0.121. The van der Waals surface area contributed by atoms with Crippen LogP contribution in [0, 0.1) is 5.82 Å². The van der Waals surface area contributed by atoms with Gasteiger partial charge in [-0.25, -0.2) is 4.39 Å². The van der Waals surface area contributed by atoms with E-state index in [2.05, 4.69) is 31.6 Å². The summed E-state index contributed by atoms with van der Waals surface area (Å²) in [6.45, 7) is 6.29. The second-order valence-corrected chi connectivity index (χ2v) is 6.92. The van der Waals surface area contributed by atoms with Crippen LogP contribution in [-0.4, -0.2) is 11.8 Å². The van der Waals surface area contributed by atoms with Crippen molar-refractivity contribution in [2.45, 2.75) is 39.0 Å². The van der Waals surface area contributed by atoms with Crippen LogP contribution < -0.4 is 10.9 Å². The quantitative estimate of drug-likeness (QED) is 0.835. The van der Waals surface area contributed by atoms with E-state index in [0.29, 0.717) is 11.1 Å². The lowest BCUT2D eigenvalue weighted by Gasteiger charge is -2.19. The summed E-state index contributed by atoms with van der Waals surface area (Å²) < 4.78 is 13.5. The molecule has 25 heavy (non-hydrogen) atoms. The van der Waals surface area contributed by atoms with Crippen LogP contribution in [0.5, 0.6) is 0 Å². The fourth-order valence-corrected chi connectivity index (χ4v) is 2.33. The molecule has 0 fully saturated rings. The van der Waals surface area contributed by atoms with Gasteiger partial charge in [-0.3, -0.25) is 20.4 Å². The minimum Gasteiger partial charge on any atom is -0.273 e. The van der Waals surface area contributed by atoms with Crippen molar-refractivity contribution >= 4 is 11.8 Å². The molecule has 0 radical (unpaired) electrons. The average Bonchev–Trinajstić information content (AvgIpc) is 2.58. The number of halogens is 1. The van der Waals surface area contributed by atoms with Crippen LogP contribution in [0.1, 0.15) is 48.7 Å². The van der Waals surface area contributed by atoms with Gasteiger partial charge in [0.1, 0.15) is 5.82 Å². The van der Waals surface area contributed by atoms with Gasteiger partial charge in [0.05, 0.1) is 0 Å². The number of hydrazine groups is 1. The Hall–Kier alpha value is -2.69. The van der Waals surface area contributed by atoms with Crippen LogP contribution in [-0.2, 0) is 16.6 Å². The normalized spacial score (nSPS) is 11.0. The van der Waals surface area contributed by atoms with Crippen LogP contribution in [0.15, 0.2) is 48.5 Å². The Kier molecular flexibility index (Phi) is 5.91. The van der Waals surface area contributed by atoms with Crippen LogP contribution in [0.3, 0.4) is 0 Å². The minimum absolute atomic E-state index is 0.00986. The molecule has 2 aromatic carbocycles. The minimum atomic E-state index is -0.389. The summed E-state index contributed by atoms with van der Waals surface area (Å²) in [4.78, 5) is 23.9. The molecule has 2 rings (SSSR count). The zero-order chi connectivity index (χ0) is 18.4. The zero-order valence-electron chi connectivity index (χ0n) is 14.7. The van der Waals surface area contributed by atoms with Crippen LogP contribution in [0.25, 0.3) is 0 Å². The highest BCUT2D eigenvalue weighted by Gasteiger charge is 2.14. The number of carbonyl (C=O) groups excluding carboxylic acids is 2. The average molecular weight is 342 g/mol. The van der Waals surface area contributed by atoms with E-state index < -0.39 is 0 Å². The SMILES string of the molecule is CC(C)(C)c1ccc(C(=O)NNC(=O)CCc2ccccc2F)cc1. The molecule has 2 aromatic rings. The van der Waals surface area contributed by atoms with E-state index in [0.717, 1.165) is 5.56 Å². The first-order valence-electron chi connectivity index (χ1n) is 8.20. The van der Waals surface area contributed by atoms with Crippen molar-refractivity contribution in [3.05, 3.63) is 71.0 Å². The number of carbonyl (C=O) groups is 2. The smallest absolute Gasteiger partial charge is 0.269 e. The first kappa shape index (κ1) is 18.6. The molecule has 2 amide bonds. The van der Waals surface area contributed by atoms with Gasteiger partial charge in [-0.1, -0.05) is 51.1 Å². The summed E-state index contributed by atoms with van der Waals surface area (Å²) >= 11 is 0. The highest BCUT2D eigenvalue weighted by Crippen LogP contribution is 2.22. The topological polar surface area (TPSA) is 58.2 Å². The molecule has 0 bridgehead atoms. The van der Waals surface area contributed by atoms with E-state index >= 15 is 0 Å². The molecule has 0 unspecified atom stereocenters. The summed E-state index contributed by atoms with van der Waals surface area (Å²) in [6.07, 6.45) is 0.360. The van der Waals surface area contributed by atoms with Crippen molar-refractivity contribution in [2.24, 2.45) is 0 Å². The molecule has 0 aromatic heterocycles. The maximum atomic E-state index is 13.5. The largest absolute Gasteiger partial charge is 0.273 e. The summed E-state index contributed by atoms with van der Waals surface area (Å²) in [5.74, 6) is -1.10. The summed E-state index contributed by atoms with van der Waals surface area (Å²) in [5.41, 5.74) is 6.80. The molecular formula is C20H23FN2O2. The van der Waals surface area contributed by atoms with E-state index in [-0.39, 0.29) is 35.9 Å². The number of nitrogens with one attached hydrogen (secondary N) is 2. The Labute approximate surface area is 147 Å². The summed E-state index contributed by atoms with van der Waals surface area (Å²) in [5, 5.41) is 0. The van der Waals surface area contributed by atoms with E-state index in [1.807, 2.05) is 12.1 Å². The monoisotopic (exact) mass is 342 g/mol. The third-order valence-corrected chi connectivity index (χ3v) is 3.91. The maximum Gasteiger partial charge on any atom is 0.269 e. The number of rotatable bonds is 4. The van der Waals surface area contributed by atoms with Gasteiger partial charge in [0.15, 0.2) is 0 Å². The van der Waals surface area contributed by atoms with Gasteiger partial charge in [0.2, 0.25) is 5.91 Å². The number of benzene rings is 2. The molecule has 0 saturated carbocycles. The van der Waals surface area contributed by atoms with Crippen LogP contribution in [0.4, 0.5) is 4.39 Å². The van der Waals surface area contributed by atoms with Gasteiger partial charge in [-0.2, -0.15) is 0 Å². The van der Waals surface area contributed by atoms with Crippen molar-refractivity contribution in [3.8, 4) is 0 Å². The van der Waals surface area contributed by atoms with Crippen molar-refractivity contribution in [1.29, 1.82) is 0 Å². The molecule has 4 nitrogen and oxygen atoms in total. The Morgan fingerprint density at radius 3 is 2.20 bits per heavy atom. The summed E-state index contributed by atoms with van der Waals surface area (Å²) in [6, 6.07) is 13.6. The zero-order valence-corrected chi connectivity index (χ0v) is 14.7. The van der Waals surface area contributed by atoms with Gasteiger partial charge < -0.3 is 0 Å². The Morgan fingerprint density at radius 2 is 1.60 bits per heavy atom. The fourth-order valence-electron chi connectivity index (χ4n) is 2.33. The van der Waals surface area contributed by atoms with Crippen molar-refractivity contribution in [3.63, 3.8) is 0 Å². The lowest BCUT2D eigenvalue weighted by Crippen LogP contribution is -2.41. The predicted molar refractivity (Wildman–Crippen MR) is 95.5 cm³/mol. The standard InChI is InChI=1S/C20H23FN2O2/c1-20(2,3)16-11-8-15(9-12-16)19(25)23-22-18(24)13-10-14-6-4-5-7-17(14)21/h4-9,11-12H,10,13H2,1-3H3,(H,22,24)(H,23,25). The molecule has 0 heterocycles. The fraction of sp³-hybridized carbons (Fsp3) is 0.300. The summed E-state index contributed by atoms with van der Waals surface area (Å²) in [7, 11) is 0. The van der Waals surface area contributed by atoms with Crippen molar-refractivity contribution < 1.29 is 14.0 Å². The molecule has 132 valence electrons. The van der Waals surface area contributed by atoms with E-state index in [1.54, 1.807) is 30.3 Å². The van der Waals surface area contributed by atoms with E-state index in [4.69, 9.17) is 0 Å². The Morgan fingerprint density at radius 1 is 0.960 bits per heavy atom. The first-order valence-corrected chi connectivity index (χ1v) is 8.20. The lowest BCUT2D eigenvalue weighted by atomic mass is 9.87. The first-order chi connectivity index (χ1) is 11.8. The molecular weight excluding hydrogens is 319 g/mol. The van der Waals surface area contributed by atoms with Gasteiger partial charge in [0.25, 0.3) is 5.91 Å². The van der Waals surface area contributed by atoms with Gasteiger partial charge in [-0.05, 0) is 41.2 Å². The molecule has 0 atom stereocenters. The van der Waals surface area contributed by atoms with Crippen LogP contribution in [0.2, 0.25) is 0 Å². The number of hydrogen-bond donors (Lipinski definition) is 2. The second-order valence-electron chi connectivity index (χ2n) is 6.92. The highest BCUT2D eigenvalue weighted by molar-refractivity contribution is 5.95. The predicted octanol–water partition coefficient (Wildman–Crippen LogP) is 3.52. The van der Waals surface area contributed by atoms with Gasteiger partial charge >= 0.3 is 0 Å². The number of amides is 2.